The normalized spacial score (nSPS) is 28.2. The van der Waals surface area contributed by atoms with Gasteiger partial charge in [0.2, 0.25) is 0 Å². The minimum atomic E-state index is -1.83. The van der Waals surface area contributed by atoms with E-state index >= 15 is 0 Å². The minimum absolute atomic E-state index is 0.532. The molecule has 2 N–H and O–H groups in total. The third-order valence-corrected chi connectivity index (χ3v) is 3.08. The van der Waals surface area contributed by atoms with Crippen molar-refractivity contribution in [3.8, 4) is 0 Å². The van der Waals surface area contributed by atoms with Crippen LogP contribution in [0.15, 0.2) is 0 Å². The summed E-state index contributed by atoms with van der Waals surface area (Å²) in [4.78, 5) is 8.56. The molecular weight excluding hydrogens is 210 g/mol. The third-order valence-electron chi connectivity index (χ3n) is 1.73. The molecule has 1 aliphatic carbocycles. The van der Waals surface area contributed by atoms with E-state index in [1.807, 2.05) is 0 Å². The van der Waals surface area contributed by atoms with Crippen molar-refractivity contribution >= 4 is 29.4 Å². The zero-order valence-electron chi connectivity index (χ0n) is 6.51. The summed E-state index contributed by atoms with van der Waals surface area (Å²) in [7, 11) is 0. The first-order valence-corrected chi connectivity index (χ1v) is 3.83. The molecule has 1 atom stereocenters. The molecule has 0 saturated heterocycles. The van der Waals surface area contributed by atoms with E-state index in [0.29, 0.717) is 0 Å². The topological polar surface area (TPSA) is 57.5 Å². The van der Waals surface area contributed by atoms with Gasteiger partial charge < -0.3 is 10.2 Å². The third kappa shape index (κ3) is 2.14. The molecule has 0 radical (unpaired) electrons. The van der Waals surface area contributed by atoms with Crippen molar-refractivity contribution in [2.75, 3.05) is 0 Å². The molecule has 0 aliphatic heterocycles. The van der Waals surface area contributed by atoms with E-state index < -0.39 is 22.1 Å². The quantitative estimate of drug-likeness (QED) is 0.615. The monoisotopic (exact) mass is 218 g/mol. The molecule has 1 saturated carbocycles. The van der Waals surface area contributed by atoms with Crippen molar-refractivity contribution < 1.29 is 19.4 Å². The molecule has 1 unspecified atom stereocenters. The lowest BCUT2D eigenvalue weighted by atomic mass is 10.2. The highest BCUT2D eigenvalue weighted by molar-refractivity contribution is 6.52. The standard InChI is InChI=1S/C5H7Cl2F.CH2O3/c1-4(2)3(8)5(4,6)7;2-1(3)4/h3H,1-2H3;(H2,2,3,4). The van der Waals surface area contributed by atoms with Crippen molar-refractivity contribution in [3.63, 3.8) is 0 Å². The van der Waals surface area contributed by atoms with Gasteiger partial charge in [-0.2, -0.15) is 0 Å². The van der Waals surface area contributed by atoms with Crippen molar-refractivity contribution in [2.24, 2.45) is 5.41 Å². The number of rotatable bonds is 0. The molecule has 0 amide bonds. The van der Waals surface area contributed by atoms with E-state index in [9.17, 15) is 4.39 Å². The molecule has 0 heterocycles. The minimum Gasteiger partial charge on any atom is -0.450 e. The molecule has 1 rings (SSSR count). The van der Waals surface area contributed by atoms with E-state index in [2.05, 4.69) is 0 Å². The summed E-state index contributed by atoms with van der Waals surface area (Å²) in [6.07, 6.45) is -2.89. The molecular formula is C6H9Cl2FO3. The molecule has 0 aromatic rings. The number of alkyl halides is 3. The Morgan fingerprint density at radius 1 is 1.42 bits per heavy atom. The predicted octanol–water partition coefficient (Wildman–Crippen LogP) is 2.76. The van der Waals surface area contributed by atoms with Gasteiger partial charge in [-0.1, -0.05) is 37.0 Å². The molecule has 72 valence electrons. The molecule has 0 aromatic heterocycles. The molecule has 0 spiro atoms. The highest BCUT2D eigenvalue weighted by Crippen LogP contribution is 2.65. The molecule has 3 nitrogen and oxygen atoms in total. The Balaban J connectivity index is 0.000000261. The van der Waals surface area contributed by atoms with Gasteiger partial charge in [0, 0.05) is 5.41 Å². The average Bonchev–Trinajstić information content (AvgIpc) is 2.12. The van der Waals surface area contributed by atoms with E-state index in [1.54, 1.807) is 13.8 Å². The summed E-state index contributed by atoms with van der Waals surface area (Å²) in [5.74, 6) is 0. The van der Waals surface area contributed by atoms with E-state index in [-0.39, 0.29) is 0 Å². The van der Waals surface area contributed by atoms with Gasteiger partial charge in [0.25, 0.3) is 0 Å². The Kier molecular flexibility index (Phi) is 3.20. The maximum Gasteiger partial charge on any atom is 0.503 e. The van der Waals surface area contributed by atoms with Gasteiger partial charge in [-0.05, 0) is 0 Å². The molecule has 0 aromatic carbocycles. The second-order valence-corrected chi connectivity index (χ2v) is 4.38. The van der Waals surface area contributed by atoms with Crippen LogP contribution < -0.4 is 0 Å². The largest absolute Gasteiger partial charge is 0.503 e. The van der Waals surface area contributed by atoms with Crippen LogP contribution in [-0.2, 0) is 0 Å². The number of hydrogen-bond donors (Lipinski definition) is 2. The van der Waals surface area contributed by atoms with Crippen LogP contribution in [0.4, 0.5) is 9.18 Å². The zero-order chi connectivity index (χ0) is 10.2. The van der Waals surface area contributed by atoms with Gasteiger partial charge in [0.1, 0.15) is 6.17 Å². The van der Waals surface area contributed by atoms with Crippen molar-refractivity contribution in [2.45, 2.75) is 24.4 Å². The SMILES string of the molecule is CC1(C)C(F)C1(Cl)Cl.O=C(O)O. The summed E-state index contributed by atoms with van der Waals surface area (Å²) in [6, 6.07) is 0. The van der Waals surface area contributed by atoms with Crippen molar-refractivity contribution in [3.05, 3.63) is 0 Å². The zero-order valence-corrected chi connectivity index (χ0v) is 8.03. The first-order valence-electron chi connectivity index (χ1n) is 3.07. The van der Waals surface area contributed by atoms with E-state index in [0.717, 1.165) is 0 Å². The van der Waals surface area contributed by atoms with E-state index in [4.69, 9.17) is 38.2 Å². The van der Waals surface area contributed by atoms with Gasteiger partial charge >= 0.3 is 6.16 Å². The van der Waals surface area contributed by atoms with E-state index in [1.165, 1.54) is 0 Å². The molecule has 1 fully saturated rings. The second kappa shape index (κ2) is 3.26. The van der Waals surface area contributed by atoms with Crippen LogP contribution in [0.25, 0.3) is 0 Å². The van der Waals surface area contributed by atoms with Gasteiger partial charge in [-0.3, -0.25) is 0 Å². The lowest BCUT2D eigenvalue weighted by molar-refractivity contribution is 0.137. The number of carbonyl (C=O) groups is 1. The van der Waals surface area contributed by atoms with Crippen LogP contribution in [0, 0.1) is 5.41 Å². The van der Waals surface area contributed by atoms with Gasteiger partial charge in [0.05, 0.1) is 0 Å². The Labute approximate surface area is 79.1 Å². The van der Waals surface area contributed by atoms with Gasteiger partial charge in [0.15, 0.2) is 4.33 Å². The Hall–Kier alpha value is -0.220. The molecule has 1 aliphatic rings. The van der Waals surface area contributed by atoms with Crippen LogP contribution in [0.5, 0.6) is 0 Å². The average molecular weight is 219 g/mol. The van der Waals surface area contributed by atoms with Gasteiger partial charge in [-0.25, -0.2) is 9.18 Å². The summed E-state index contributed by atoms with van der Waals surface area (Å²) >= 11 is 10.9. The maximum atomic E-state index is 12.4. The Morgan fingerprint density at radius 2 is 1.50 bits per heavy atom. The smallest absolute Gasteiger partial charge is 0.450 e. The van der Waals surface area contributed by atoms with Gasteiger partial charge in [-0.15, -0.1) is 0 Å². The van der Waals surface area contributed by atoms with Crippen LogP contribution in [0.3, 0.4) is 0 Å². The second-order valence-electron chi connectivity index (χ2n) is 2.99. The number of halogens is 3. The molecule has 6 heteroatoms. The summed E-state index contributed by atoms with van der Waals surface area (Å²) in [5.41, 5.74) is -0.532. The van der Waals surface area contributed by atoms with Crippen molar-refractivity contribution in [1.29, 1.82) is 0 Å². The molecule has 0 bridgehead atoms. The fourth-order valence-electron chi connectivity index (χ4n) is 0.599. The fourth-order valence-corrected chi connectivity index (χ4v) is 1.23. The molecule has 12 heavy (non-hydrogen) atoms. The lowest BCUT2D eigenvalue weighted by Crippen LogP contribution is -1.96. The van der Waals surface area contributed by atoms with Crippen LogP contribution in [0.1, 0.15) is 13.8 Å². The van der Waals surface area contributed by atoms with Crippen LogP contribution in [0.2, 0.25) is 0 Å². The highest BCUT2D eigenvalue weighted by atomic mass is 35.5. The van der Waals surface area contributed by atoms with Crippen molar-refractivity contribution in [1.82, 2.24) is 0 Å². The summed E-state index contributed by atoms with van der Waals surface area (Å²) < 4.78 is 11.3. The first-order chi connectivity index (χ1) is 5.14. The lowest BCUT2D eigenvalue weighted by Gasteiger charge is -1.96. The Morgan fingerprint density at radius 3 is 1.50 bits per heavy atom. The Bertz CT molecular complexity index is 175. The first kappa shape index (κ1) is 11.8. The van der Waals surface area contributed by atoms with Crippen LogP contribution in [-0.4, -0.2) is 26.9 Å². The fraction of sp³-hybridized carbons (Fsp3) is 0.833. The predicted molar refractivity (Wildman–Crippen MR) is 43.8 cm³/mol. The summed E-state index contributed by atoms with van der Waals surface area (Å²) in [6.45, 7) is 3.41. The maximum absolute atomic E-state index is 12.4. The number of hydrogen-bond acceptors (Lipinski definition) is 1. The van der Waals surface area contributed by atoms with Crippen LogP contribution >= 0.6 is 23.2 Å². The summed E-state index contributed by atoms with van der Waals surface area (Å²) in [5, 5.41) is 13.9. The highest BCUT2D eigenvalue weighted by Gasteiger charge is 2.71. The number of carboxylic acid groups (broad SMARTS) is 2.